The van der Waals surface area contributed by atoms with Crippen molar-refractivity contribution in [2.45, 2.75) is 23.8 Å². The molecule has 0 spiro atoms. The molecule has 34 heavy (non-hydrogen) atoms. The number of hydrogen-bond acceptors (Lipinski definition) is 5. The molecule has 0 unspecified atom stereocenters. The van der Waals surface area contributed by atoms with E-state index in [9.17, 15) is 18.0 Å². The zero-order chi connectivity index (χ0) is 24.1. The highest BCUT2D eigenvalue weighted by Crippen LogP contribution is 2.36. The van der Waals surface area contributed by atoms with E-state index in [1.54, 1.807) is 42.5 Å². The average molecular weight is 499 g/mol. The van der Waals surface area contributed by atoms with Crippen molar-refractivity contribution < 1.29 is 22.7 Å². The van der Waals surface area contributed by atoms with Crippen LogP contribution in [-0.4, -0.2) is 37.8 Å². The summed E-state index contributed by atoms with van der Waals surface area (Å²) in [4.78, 5) is 25.1. The van der Waals surface area contributed by atoms with Crippen LogP contribution in [0.4, 0.5) is 5.69 Å². The summed E-state index contributed by atoms with van der Waals surface area (Å²) in [5.74, 6) is -1.22. The summed E-state index contributed by atoms with van der Waals surface area (Å²) >= 11 is 6.03. The predicted octanol–water partition coefficient (Wildman–Crippen LogP) is 4.20. The van der Waals surface area contributed by atoms with Gasteiger partial charge >= 0.3 is 5.97 Å². The predicted molar refractivity (Wildman–Crippen MR) is 129 cm³/mol. The Kier molecular flexibility index (Phi) is 7.31. The summed E-state index contributed by atoms with van der Waals surface area (Å²) in [5, 5.41) is 2.95. The van der Waals surface area contributed by atoms with Gasteiger partial charge in [-0.1, -0.05) is 66.2 Å². The van der Waals surface area contributed by atoms with Crippen LogP contribution in [0.15, 0.2) is 83.8 Å². The zero-order valence-corrected chi connectivity index (χ0v) is 19.8. The maximum absolute atomic E-state index is 13.4. The minimum absolute atomic E-state index is 0.159. The first-order valence-corrected chi connectivity index (χ1v) is 12.5. The minimum atomic E-state index is -3.84. The molecule has 7 nitrogen and oxygen atoms in total. The number of ether oxygens (including phenoxy) is 1. The van der Waals surface area contributed by atoms with Crippen molar-refractivity contribution in [2.24, 2.45) is 0 Å². The maximum atomic E-state index is 13.4. The van der Waals surface area contributed by atoms with Gasteiger partial charge in [0.2, 0.25) is 10.0 Å². The van der Waals surface area contributed by atoms with Crippen molar-refractivity contribution in [2.75, 3.05) is 18.5 Å². The number of halogens is 1. The monoisotopic (exact) mass is 498 g/mol. The van der Waals surface area contributed by atoms with E-state index in [1.807, 2.05) is 24.3 Å². The van der Waals surface area contributed by atoms with Crippen molar-refractivity contribution in [3.63, 3.8) is 0 Å². The van der Waals surface area contributed by atoms with Crippen LogP contribution >= 0.6 is 11.6 Å². The molecule has 3 aromatic carbocycles. The smallest absolute Gasteiger partial charge is 0.308 e. The standard InChI is InChI=1S/C25H23ClN2O5S/c26-21-12-6-7-13-22(21)27-24(29)17-33-25(30)16-23-20-11-5-4-8-18(20)14-15-28(23)34(31,32)19-9-2-1-3-10-19/h1-13,23H,14-17H2,(H,27,29)/t23-/m1/s1. The van der Waals surface area contributed by atoms with Gasteiger partial charge in [0.1, 0.15) is 0 Å². The molecule has 1 N–H and O–H groups in total. The Morgan fingerprint density at radius 3 is 2.41 bits per heavy atom. The molecule has 4 rings (SSSR count). The number of carbonyl (C=O) groups is 2. The normalized spacial score (nSPS) is 15.9. The van der Waals surface area contributed by atoms with Crippen molar-refractivity contribution in [3.05, 3.63) is 95.0 Å². The van der Waals surface area contributed by atoms with E-state index >= 15 is 0 Å². The molecule has 0 saturated heterocycles. The molecular formula is C25H23ClN2O5S. The van der Waals surface area contributed by atoms with Crippen LogP contribution in [0.2, 0.25) is 5.02 Å². The van der Waals surface area contributed by atoms with Crippen molar-refractivity contribution in [3.8, 4) is 0 Å². The number of rotatable bonds is 7. The Morgan fingerprint density at radius 2 is 1.65 bits per heavy atom. The van der Waals surface area contributed by atoms with Gasteiger partial charge in [-0.2, -0.15) is 4.31 Å². The SMILES string of the molecule is O=C(COC(=O)C[C@@H]1c2ccccc2CCN1S(=O)(=O)c1ccccc1)Nc1ccccc1Cl. The second-order valence-electron chi connectivity index (χ2n) is 7.79. The molecule has 1 atom stereocenters. The van der Waals surface area contributed by atoms with Crippen LogP contribution in [0, 0.1) is 0 Å². The Morgan fingerprint density at radius 1 is 0.971 bits per heavy atom. The lowest BCUT2D eigenvalue weighted by Crippen LogP contribution is -2.41. The van der Waals surface area contributed by atoms with Crippen LogP contribution in [0.25, 0.3) is 0 Å². The first-order chi connectivity index (χ1) is 16.4. The number of nitrogens with one attached hydrogen (secondary N) is 1. The molecule has 0 saturated carbocycles. The van der Waals surface area contributed by atoms with E-state index in [1.165, 1.54) is 16.4 Å². The van der Waals surface area contributed by atoms with Gasteiger partial charge in [0.25, 0.3) is 5.91 Å². The largest absolute Gasteiger partial charge is 0.456 e. The van der Waals surface area contributed by atoms with E-state index in [2.05, 4.69) is 5.32 Å². The third-order valence-electron chi connectivity index (χ3n) is 5.59. The molecule has 1 amide bonds. The number of hydrogen-bond donors (Lipinski definition) is 1. The molecular weight excluding hydrogens is 476 g/mol. The lowest BCUT2D eigenvalue weighted by Gasteiger charge is -2.36. The number of amides is 1. The molecule has 0 radical (unpaired) electrons. The van der Waals surface area contributed by atoms with Crippen LogP contribution in [0.5, 0.6) is 0 Å². The summed E-state index contributed by atoms with van der Waals surface area (Å²) in [6.45, 7) is -0.275. The summed E-state index contributed by atoms with van der Waals surface area (Å²) in [7, 11) is -3.84. The van der Waals surface area contributed by atoms with Gasteiger partial charge in [-0.05, 0) is 41.8 Å². The molecule has 176 valence electrons. The topological polar surface area (TPSA) is 92.8 Å². The van der Waals surface area contributed by atoms with Gasteiger partial charge in [-0.25, -0.2) is 8.42 Å². The molecule has 0 fully saturated rings. The number of para-hydroxylation sites is 1. The molecule has 3 aromatic rings. The third kappa shape index (κ3) is 5.30. The summed E-state index contributed by atoms with van der Waals surface area (Å²) < 4.78 is 33.3. The molecule has 0 aliphatic carbocycles. The number of carbonyl (C=O) groups excluding carboxylic acids is 2. The third-order valence-corrected chi connectivity index (χ3v) is 7.84. The Bertz CT molecular complexity index is 1300. The first-order valence-electron chi connectivity index (χ1n) is 10.7. The number of esters is 1. The fraction of sp³-hybridized carbons (Fsp3) is 0.200. The number of fused-ring (bicyclic) bond motifs is 1. The summed E-state index contributed by atoms with van der Waals surface area (Å²) in [5.41, 5.74) is 2.15. The Balaban J connectivity index is 1.49. The van der Waals surface area contributed by atoms with Gasteiger partial charge in [0, 0.05) is 6.54 Å². The quantitative estimate of drug-likeness (QED) is 0.493. The summed E-state index contributed by atoms with van der Waals surface area (Å²) in [6, 6.07) is 21.5. The van der Waals surface area contributed by atoms with Crippen LogP contribution in [0.3, 0.4) is 0 Å². The highest BCUT2D eigenvalue weighted by Gasteiger charge is 2.37. The molecule has 9 heteroatoms. The highest BCUT2D eigenvalue weighted by atomic mass is 35.5. The van der Waals surface area contributed by atoms with Gasteiger partial charge in [-0.15, -0.1) is 0 Å². The van der Waals surface area contributed by atoms with Gasteiger partial charge in [0.05, 0.1) is 28.1 Å². The number of nitrogens with zero attached hydrogens (tertiary/aromatic N) is 1. The zero-order valence-electron chi connectivity index (χ0n) is 18.2. The Hall–Kier alpha value is -3.20. The van der Waals surface area contributed by atoms with E-state index in [0.717, 1.165) is 11.1 Å². The molecule has 1 heterocycles. The van der Waals surface area contributed by atoms with E-state index in [4.69, 9.17) is 16.3 Å². The second kappa shape index (κ2) is 10.4. The maximum Gasteiger partial charge on any atom is 0.308 e. The van der Waals surface area contributed by atoms with E-state index < -0.39 is 34.5 Å². The van der Waals surface area contributed by atoms with Gasteiger partial charge < -0.3 is 10.1 Å². The van der Waals surface area contributed by atoms with Gasteiger partial charge in [-0.3, -0.25) is 9.59 Å². The lowest BCUT2D eigenvalue weighted by atomic mass is 9.92. The van der Waals surface area contributed by atoms with Crippen LogP contribution < -0.4 is 5.32 Å². The minimum Gasteiger partial charge on any atom is -0.456 e. The molecule has 0 bridgehead atoms. The van der Waals surface area contributed by atoms with Crippen molar-refractivity contribution in [1.82, 2.24) is 4.31 Å². The average Bonchev–Trinajstić information content (AvgIpc) is 2.85. The number of anilines is 1. The summed E-state index contributed by atoms with van der Waals surface area (Å²) in [6.07, 6.45) is 0.316. The molecule has 0 aromatic heterocycles. The van der Waals surface area contributed by atoms with Crippen LogP contribution in [0.1, 0.15) is 23.6 Å². The molecule has 1 aliphatic rings. The fourth-order valence-electron chi connectivity index (χ4n) is 3.97. The number of benzene rings is 3. The Labute approximate surface area is 203 Å². The highest BCUT2D eigenvalue weighted by molar-refractivity contribution is 7.89. The fourth-order valence-corrected chi connectivity index (χ4v) is 5.78. The van der Waals surface area contributed by atoms with Gasteiger partial charge in [0.15, 0.2) is 6.61 Å². The van der Waals surface area contributed by atoms with E-state index in [-0.39, 0.29) is 17.9 Å². The lowest BCUT2D eigenvalue weighted by molar-refractivity contribution is -0.148. The number of sulfonamides is 1. The van der Waals surface area contributed by atoms with Crippen LogP contribution in [-0.2, 0) is 30.8 Å². The van der Waals surface area contributed by atoms with Crippen molar-refractivity contribution in [1.29, 1.82) is 0 Å². The van der Waals surface area contributed by atoms with Crippen molar-refractivity contribution >= 4 is 39.2 Å². The van der Waals surface area contributed by atoms with E-state index in [0.29, 0.717) is 17.1 Å². The first kappa shape index (κ1) is 23.9. The molecule has 1 aliphatic heterocycles. The second-order valence-corrected chi connectivity index (χ2v) is 10.1.